The maximum atomic E-state index is 6.13. The molecule has 1 saturated heterocycles. The van der Waals surface area contributed by atoms with E-state index in [4.69, 9.17) is 45.3 Å². The zero-order valence-electron chi connectivity index (χ0n) is 23.8. The Balaban J connectivity index is 1.24. The van der Waals surface area contributed by atoms with E-state index in [9.17, 15) is 0 Å². The number of nitrogens with zero attached hydrogens (tertiary/aromatic N) is 5. The van der Waals surface area contributed by atoms with Crippen LogP contribution in [0.1, 0.15) is 29.5 Å². The highest BCUT2D eigenvalue weighted by atomic mass is 35.5. The lowest BCUT2D eigenvalue weighted by atomic mass is 9.84. The zero-order valence-corrected chi connectivity index (χ0v) is 24.6. The van der Waals surface area contributed by atoms with Crippen LogP contribution in [0, 0.1) is 0 Å². The van der Waals surface area contributed by atoms with Crippen LogP contribution in [0.4, 0.5) is 5.95 Å². The molecule has 4 heterocycles. The predicted molar refractivity (Wildman–Crippen MR) is 160 cm³/mol. The fourth-order valence-corrected chi connectivity index (χ4v) is 5.64. The molecular formula is C31H33ClN6O4. The van der Waals surface area contributed by atoms with Crippen LogP contribution in [-0.2, 0) is 23.4 Å². The molecular weight excluding hydrogens is 556 g/mol. The summed E-state index contributed by atoms with van der Waals surface area (Å²) < 4.78 is 24.3. The van der Waals surface area contributed by atoms with E-state index in [1.54, 1.807) is 32.1 Å². The fourth-order valence-electron chi connectivity index (χ4n) is 5.51. The molecule has 0 radical (unpaired) electrons. The van der Waals surface area contributed by atoms with E-state index in [2.05, 4.69) is 22.3 Å². The number of hydrogen-bond donors (Lipinski definition) is 1. The van der Waals surface area contributed by atoms with Crippen LogP contribution in [0.3, 0.4) is 0 Å². The third kappa shape index (κ3) is 5.53. The first kappa shape index (κ1) is 28.0. The standard InChI is InChI=1S/C31H33ClN6O4/c1-39-25-11-6-21(17-27(25)40-2)18-33-30-34-19-22(29-35-28(36-38(29)30)26-5-4-16-42-26)20-37-14-12-31(41-3,13-15-37)23-7-9-24(32)10-8-23/h4-11,16-17,19H,12-15,18,20H2,1-3H3,(H,33,34). The summed E-state index contributed by atoms with van der Waals surface area (Å²) in [6, 6.07) is 17.5. The summed E-state index contributed by atoms with van der Waals surface area (Å²) in [5.74, 6) is 3.03. The van der Waals surface area contributed by atoms with Gasteiger partial charge in [-0.2, -0.15) is 4.52 Å². The molecule has 1 aliphatic rings. The van der Waals surface area contributed by atoms with Gasteiger partial charge in [0.1, 0.15) is 0 Å². The van der Waals surface area contributed by atoms with Crippen molar-refractivity contribution in [1.82, 2.24) is 24.5 Å². The van der Waals surface area contributed by atoms with Crippen LogP contribution in [0.15, 0.2) is 71.5 Å². The van der Waals surface area contributed by atoms with Gasteiger partial charge in [0.05, 0.1) is 26.1 Å². The number of ether oxygens (including phenoxy) is 3. The summed E-state index contributed by atoms with van der Waals surface area (Å²) in [7, 11) is 5.04. The van der Waals surface area contributed by atoms with E-state index in [-0.39, 0.29) is 5.60 Å². The van der Waals surface area contributed by atoms with Crippen LogP contribution < -0.4 is 14.8 Å². The second kappa shape index (κ2) is 12.0. The molecule has 218 valence electrons. The van der Waals surface area contributed by atoms with Crippen molar-refractivity contribution in [2.75, 3.05) is 39.7 Å². The first-order valence-electron chi connectivity index (χ1n) is 13.8. The Kier molecular flexibility index (Phi) is 8.01. The normalized spacial score (nSPS) is 15.1. The van der Waals surface area contributed by atoms with Gasteiger partial charge in [-0.05, 0) is 60.4 Å². The van der Waals surface area contributed by atoms with Gasteiger partial charge in [-0.15, -0.1) is 5.10 Å². The van der Waals surface area contributed by atoms with Gasteiger partial charge >= 0.3 is 0 Å². The number of aromatic nitrogens is 4. The lowest BCUT2D eigenvalue weighted by Gasteiger charge is -2.41. The summed E-state index contributed by atoms with van der Waals surface area (Å²) in [4.78, 5) is 12.0. The van der Waals surface area contributed by atoms with Crippen LogP contribution >= 0.6 is 11.6 Å². The highest BCUT2D eigenvalue weighted by Gasteiger charge is 2.36. The van der Waals surface area contributed by atoms with Crippen molar-refractivity contribution in [2.45, 2.75) is 31.5 Å². The molecule has 11 heteroatoms. The van der Waals surface area contributed by atoms with E-state index >= 15 is 0 Å². The summed E-state index contributed by atoms with van der Waals surface area (Å²) in [5, 5.41) is 8.89. The summed E-state index contributed by atoms with van der Waals surface area (Å²) in [6.07, 6.45) is 5.23. The van der Waals surface area contributed by atoms with E-state index < -0.39 is 0 Å². The van der Waals surface area contributed by atoms with E-state index in [0.29, 0.717) is 42.1 Å². The smallest absolute Gasteiger partial charge is 0.226 e. The van der Waals surface area contributed by atoms with Gasteiger partial charge in [-0.25, -0.2) is 9.97 Å². The van der Waals surface area contributed by atoms with Crippen molar-refractivity contribution < 1.29 is 18.6 Å². The number of hydrogen-bond acceptors (Lipinski definition) is 9. The molecule has 6 rings (SSSR count). The largest absolute Gasteiger partial charge is 0.493 e. The molecule has 10 nitrogen and oxygen atoms in total. The van der Waals surface area contributed by atoms with Crippen LogP contribution in [0.2, 0.25) is 5.02 Å². The second-order valence-electron chi connectivity index (χ2n) is 10.3. The van der Waals surface area contributed by atoms with Gasteiger partial charge in [0, 0.05) is 50.1 Å². The Bertz CT molecular complexity index is 1650. The molecule has 1 aliphatic heterocycles. The predicted octanol–water partition coefficient (Wildman–Crippen LogP) is 5.80. The Hall–Kier alpha value is -4.12. The summed E-state index contributed by atoms with van der Waals surface area (Å²) in [6.45, 7) is 2.92. The lowest BCUT2D eigenvalue weighted by Crippen LogP contribution is -2.43. The highest BCUT2D eigenvalue weighted by Crippen LogP contribution is 2.37. The Morgan fingerprint density at radius 1 is 1.00 bits per heavy atom. The van der Waals surface area contributed by atoms with Gasteiger partial charge in [-0.3, -0.25) is 4.90 Å². The van der Waals surface area contributed by atoms with E-state index in [1.165, 1.54) is 0 Å². The Morgan fingerprint density at radius 2 is 1.79 bits per heavy atom. The summed E-state index contributed by atoms with van der Waals surface area (Å²) in [5.41, 5.74) is 3.55. The molecule has 5 aromatic rings. The number of methoxy groups -OCH3 is 3. The highest BCUT2D eigenvalue weighted by molar-refractivity contribution is 6.30. The first-order chi connectivity index (χ1) is 20.5. The van der Waals surface area contributed by atoms with E-state index in [0.717, 1.165) is 53.3 Å². The van der Waals surface area contributed by atoms with Crippen molar-refractivity contribution in [1.29, 1.82) is 0 Å². The molecule has 0 saturated carbocycles. The third-order valence-corrected chi connectivity index (χ3v) is 8.15. The SMILES string of the molecule is COc1ccc(CNc2ncc(CN3CCC(OC)(c4ccc(Cl)cc4)CC3)c3nc(-c4ccco4)nn23)cc1OC. The molecule has 1 fully saturated rings. The average molecular weight is 589 g/mol. The monoisotopic (exact) mass is 588 g/mol. The number of likely N-dealkylation sites (tertiary alicyclic amines) is 1. The molecule has 0 unspecified atom stereocenters. The van der Waals surface area contributed by atoms with Gasteiger partial charge in [0.2, 0.25) is 11.8 Å². The molecule has 0 atom stereocenters. The number of nitrogens with one attached hydrogen (secondary N) is 1. The van der Waals surface area contributed by atoms with Crippen LogP contribution in [-0.4, -0.2) is 58.9 Å². The summed E-state index contributed by atoms with van der Waals surface area (Å²) >= 11 is 6.13. The molecule has 42 heavy (non-hydrogen) atoms. The Labute approximate surface area is 249 Å². The number of rotatable bonds is 10. The van der Waals surface area contributed by atoms with Crippen molar-refractivity contribution in [3.63, 3.8) is 0 Å². The van der Waals surface area contributed by atoms with Crippen molar-refractivity contribution in [3.8, 4) is 23.1 Å². The molecule has 0 amide bonds. The lowest BCUT2D eigenvalue weighted by molar-refractivity contribution is -0.0637. The molecule has 0 aliphatic carbocycles. The number of furan rings is 1. The topological polar surface area (TPSA) is 99.2 Å². The van der Waals surface area contributed by atoms with Crippen molar-refractivity contribution >= 4 is 23.2 Å². The number of piperidine rings is 1. The quantitative estimate of drug-likeness (QED) is 0.217. The minimum Gasteiger partial charge on any atom is -0.493 e. The maximum Gasteiger partial charge on any atom is 0.226 e. The van der Waals surface area contributed by atoms with Crippen molar-refractivity contribution in [2.24, 2.45) is 0 Å². The zero-order chi connectivity index (χ0) is 29.1. The molecule has 0 bridgehead atoms. The number of anilines is 1. The number of fused-ring (bicyclic) bond motifs is 1. The molecule has 0 spiro atoms. The second-order valence-corrected chi connectivity index (χ2v) is 10.7. The van der Waals surface area contributed by atoms with Crippen LogP contribution in [0.25, 0.3) is 17.2 Å². The average Bonchev–Trinajstić information content (AvgIpc) is 3.73. The van der Waals surface area contributed by atoms with Gasteiger partial charge in [-0.1, -0.05) is 29.8 Å². The Morgan fingerprint density at radius 3 is 2.48 bits per heavy atom. The minimum absolute atomic E-state index is 0.326. The maximum absolute atomic E-state index is 6.13. The van der Waals surface area contributed by atoms with Gasteiger partial charge in [0.15, 0.2) is 22.9 Å². The molecule has 2 aromatic carbocycles. The van der Waals surface area contributed by atoms with Gasteiger partial charge in [0.25, 0.3) is 0 Å². The molecule has 3 aromatic heterocycles. The van der Waals surface area contributed by atoms with Crippen molar-refractivity contribution in [3.05, 3.63) is 88.8 Å². The van der Waals surface area contributed by atoms with E-state index in [1.807, 2.05) is 48.7 Å². The third-order valence-electron chi connectivity index (χ3n) is 7.90. The van der Waals surface area contributed by atoms with Crippen LogP contribution in [0.5, 0.6) is 11.5 Å². The minimum atomic E-state index is -0.326. The first-order valence-corrected chi connectivity index (χ1v) is 14.2. The fraction of sp³-hybridized carbons (Fsp3) is 0.323. The van der Waals surface area contributed by atoms with Gasteiger partial charge < -0.3 is 23.9 Å². The molecule has 1 N–H and O–H groups in total. The number of benzene rings is 2. The number of halogens is 1.